The van der Waals surface area contributed by atoms with Crippen LogP contribution in [0, 0.1) is 0 Å². The molecule has 1 heterocycles. The molecule has 1 fully saturated rings. The highest BCUT2D eigenvalue weighted by Crippen LogP contribution is 2.18. The van der Waals surface area contributed by atoms with Crippen LogP contribution in [0.3, 0.4) is 0 Å². The fraction of sp³-hybridized carbons (Fsp3) is 0.900. The summed E-state index contributed by atoms with van der Waals surface area (Å²) in [5, 5.41) is 2.03. The highest BCUT2D eigenvalue weighted by molar-refractivity contribution is 5.76. The monoisotopic (exact) mass is 200 g/mol. The van der Waals surface area contributed by atoms with Crippen molar-refractivity contribution in [2.45, 2.75) is 45.2 Å². The van der Waals surface area contributed by atoms with Crippen LogP contribution in [0.5, 0.6) is 0 Å². The number of nitrogens with zero attached hydrogens (tertiary/aromatic N) is 1. The van der Waals surface area contributed by atoms with Gasteiger partial charge in [-0.1, -0.05) is 13.3 Å². The Morgan fingerprint density at radius 2 is 2.29 bits per heavy atom. The molecule has 1 N–H and O–H groups in total. The minimum atomic E-state index is -0.142. The van der Waals surface area contributed by atoms with Gasteiger partial charge >= 0.3 is 5.97 Å². The van der Waals surface area contributed by atoms with Crippen LogP contribution < -0.4 is 5.43 Å². The first kappa shape index (κ1) is 11.5. The van der Waals surface area contributed by atoms with E-state index in [1.54, 1.807) is 0 Å². The molecule has 0 bridgehead atoms. The van der Waals surface area contributed by atoms with Crippen LogP contribution in [0.1, 0.15) is 33.1 Å². The fourth-order valence-corrected chi connectivity index (χ4v) is 1.87. The van der Waals surface area contributed by atoms with E-state index >= 15 is 0 Å². The topological polar surface area (TPSA) is 41.6 Å². The predicted octanol–water partition coefficient (Wildman–Crippen LogP) is 0.927. The third-order valence-corrected chi connectivity index (χ3v) is 2.61. The number of carbonyl (C=O) groups is 1. The molecule has 0 radical (unpaired) electrons. The Bertz CT molecular complexity index is 197. The molecule has 1 rings (SSSR count). The molecule has 4 heteroatoms. The number of hydrogen-bond donors (Lipinski definition) is 1. The van der Waals surface area contributed by atoms with Crippen molar-refractivity contribution in [2.24, 2.45) is 0 Å². The Morgan fingerprint density at radius 1 is 1.57 bits per heavy atom. The minimum absolute atomic E-state index is 0.127. The smallest absolute Gasteiger partial charge is 0.324 e. The van der Waals surface area contributed by atoms with E-state index in [1.807, 2.05) is 19.0 Å². The van der Waals surface area contributed by atoms with Crippen molar-refractivity contribution >= 4 is 5.97 Å². The van der Waals surface area contributed by atoms with E-state index in [0.29, 0.717) is 12.6 Å². The second kappa shape index (κ2) is 5.32. The highest BCUT2D eigenvalue weighted by Gasteiger charge is 2.33. The summed E-state index contributed by atoms with van der Waals surface area (Å²) in [7, 11) is 1.99. The number of nitrogens with one attached hydrogen (secondary N) is 1. The minimum Gasteiger partial charge on any atom is -0.465 e. The van der Waals surface area contributed by atoms with Crippen molar-refractivity contribution in [3.8, 4) is 0 Å². The second-order valence-electron chi connectivity index (χ2n) is 3.72. The maximum Gasteiger partial charge on any atom is 0.324 e. The number of esters is 1. The number of ether oxygens (including phenoxy) is 1. The predicted molar refractivity (Wildman–Crippen MR) is 54.6 cm³/mol. The van der Waals surface area contributed by atoms with Gasteiger partial charge in [-0.3, -0.25) is 4.79 Å². The van der Waals surface area contributed by atoms with Crippen molar-refractivity contribution < 1.29 is 9.53 Å². The summed E-state index contributed by atoms with van der Waals surface area (Å²) in [6.07, 6.45) is 3.13. The van der Waals surface area contributed by atoms with Gasteiger partial charge < -0.3 is 4.74 Å². The van der Waals surface area contributed by atoms with Gasteiger partial charge in [0.05, 0.1) is 6.61 Å². The molecular weight excluding hydrogens is 180 g/mol. The molecule has 1 saturated heterocycles. The Kier molecular flexibility index (Phi) is 4.35. The zero-order chi connectivity index (χ0) is 10.6. The van der Waals surface area contributed by atoms with Crippen LogP contribution in [-0.4, -0.2) is 36.7 Å². The maximum absolute atomic E-state index is 11.4. The molecule has 2 unspecified atom stereocenters. The summed E-state index contributed by atoms with van der Waals surface area (Å²) in [5.41, 5.74) is 3.13. The normalized spacial score (nSPS) is 27.9. The van der Waals surface area contributed by atoms with E-state index in [0.717, 1.165) is 19.3 Å². The van der Waals surface area contributed by atoms with Crippen LogP contribution >= 0.6 is 0 Å². The van der Waals surface area contributed by atoms with Gasteiger partial charge in [0.15, 0.2) is 0 Å². The third kappa shape index (κ3) is 2.69. The molecule has 0 spiro atoms. The highest BCUT2D eigenvalue weighted by atomic mass is 16.5. The van der Waals surface area contributed by atoms with Gasteiger partial charge in [0.2, 0.25) is 0 Å². The molecule has 14 heavy (non-hydrogen) atoms. The van der Waals surface area contributed by atoms with E-state index in [2.05, 4.69) is 12.3 Å². The van der Waals surface area contributed by atoms with Crippen molar-refractivity contribution in [3.05, 3.63) is 0 Å². The standard InChI is InChI=1S/C10H20N2O2/c1-4-6-8-7-9(11-12(8)3)10(13)14-5-2/h8-9,11H,4-7H2,1-3H3. The zero-order valence-electron chi connectivity index (χ0n) is 9.25. The van der Waals surface area contributed by atoms with Crippen LogP contribution in [0.15, 0.2) is 0 Å². The molecule has 1 aliphatic heterocycles. The van der Waals surface area contributed by atoms with E-state index in [1.165, 1.54) is 0 Å². The average Bonchev–Trinajstić information content (AvgIpc) is 2.49. The van der Waals surface area contributed by atoms with Gasteiger partial charge in [-0.2, -0.15) is 0 Å². The lowest BCUT2D eigenvalue weighted by molar-refractivity contribution is -0.145. The Hall–Kier alpha value is -0.610. The largest absolute Gasteiger partial charge is 0.465 e. The van der Waals surface area contributed by atoms with Crippen LogP contribution in [0.2, 0.25) is 0 Å². The lowest BCUT2D eigenvalue weighted by Gasteiger charge is -2.17. The van der Waals surface area contributed by atoms with Gasteiger partial charge in [-0.15, -0.1) is 0 Å². The molecule has 0 aromatic rings. The summed E-state index contributed by atoms with van der Waals surface area (Å²) < 4.78 is 4.97. The number of carbonyl (C=O) groups excluding carboxylic acids is 1. The molecule has 2 atom stereocenters. The number of rotatable bonds is 4. The van der Waals surface area contributed by atoms with Crippen LogP contribution in [0.25, 0.3) is 0 Å². The molecule has 4 nitrogen and oxygen atoms in total. The van der Waals surface area contributed by atoms with Crippen LogP contribution in [0.4, 0.5) is 0 Å². The van der Waals surface area contributed by atoms with E-state index in [4.69, 9.17) is 4.74 Å². The third-order valence-electron chi connectivity index (χ3n) is 2.61. The summed E-state index contributed by atoms with van der Waals surface area (Å²) in [6.45, 7) is 4.45. The van der Waals surface area contributed by atoms with Crippen molar-refractivity contribution in [1.82, 2.24) is 10.4 Å². The Morgan fingerprint density at radius 3 is 2.86 bits per heavy atom. The molecule has 82 valence electrons. The fourth-order valence-electron chi connectivity index (χ4n) is 1.87. The summed E-state index contributed by atoms with van der Waals surface area (Å²) in [6, 6.07) is 0.325. The molecule has 0 aromatic carbocycles. The number of hydrazine groups is 1. The first-order chi connectivity index (χ1) is 6.69. The molecular formula is C10H20N2O2. The van der Waals surface area contributed by atoms with Gasteiger partial charge in [0, 0.05) is 13.1 Å². The summed E-state index contributed by atoms with van der Waals surface area (Å²) in [4.78, 5) is 11.4. The summed E-state index contributed by atoms with van der Waals surface area (Å²) in [5.74, 6) is -0.127. The average molecular weight is 200 g/mol. The zero-order valence-corrected chi connectivity index (χ0v) is 9.25. The van der Waals surface area contributed by atoms with E-state index in [-0.39, 0.29) is 12.0 Å². The molecule has 0 amide bonds. The van der Waals surface area contributed by atoms with Gasteiger partial charge in [-0.25, -0.2) is 10.4 Å². The van der Waals surface area contributed by atoms with Gasteiger partial charge in [0.1, 0.15) is 6.04 Å². The molecule has 0 saturated carbocycles. The SMILES string of the molecule is CCCC1CC(C(=O)OCC)NN1C. The Labute approximate surface area is 85.6 Å². The van der Waals surface area contributed by atoms with E-state index < -0.39 is 0 Å². The van der Waals surface area contributed by atoms with Gasteiger partial charge in [-0.05, 0) is 19.8 Å². The van der Waals surface area contributed by atoms with Crippen molar-refractivity contribution in [3.63, 3.8) is 0 Å². The first-order valence-corrected chi connectivity index (χ1v) is 5.34. The summed E-state index contributed by atoms with van der Waals surface area (Å²) >= 11 is 0. The van der Waals surface area contributed by atoms with E-state index in [9.17, 15) is 4.79 Å². The second-order valence-corrected chi connectivity index (χ2v) is 3.72. The van der Waals surface area contributed by atoms with Crippen molar-refractivity contribution in [2.75, 3.05) is 13.7 Å². The lowest BCUT2D eigenvalue weighted by Crippen LogP contribution is -2.39. The van der Waals surface area contributed by atoms with Gasteiger partial charge in [0.25, 0.3) is 0 Å². The lowest BCUT2D eigenvalue weighted by atomic mass is 10.1. The first-order valence-electron chi connectivity index (χ1n) is 5.34. The van der Waals surface area contributed by atoms with Crippen molar-refractivity contribution in [1.29, 1.82) is 0 Å². The van der Waals surface area contributed by atoms with Crippen LogP contribution in [-0.2, 0) is 9.53 Å². The number of hydrogen-bond acceptors (Lipinski definition) is 4. The Balaban J connectivity index is 2.41. The quantitative estimate of drug-likeness (QED) is 0.685. The molecule has 0 aromatic heterocycles. The maximum atomic E-state index is 11.4. The molecule has 0 aliphatic carbocycles. The molecule has 1 aliphatic rings.